The summed E-state index contributed by atoms with van der Waals surface area (Å²) >= 11 is 0. The second kappa shape index (κ2) is 5.45. The van der Waals surface area contributed by atoms with E-state index in [4.69, 9.17) is 10.1 Å². The van der Waals surface area contributed by atoms with Crippen LogP contribution in [-0.4, -0.2) is 35.1 Å². The van der Waals surface area contributed by atoms with E-state index in [1.165, 1.54) is 5.56 Å². The van der Waals surface area contributed by atoms with Crippen LogP contribution in [0.4, 0.5) is 0 Å². The Hall–Kier alpha value is -1.94. The van der Waals surface area contributed by atoms with Crippen molar-refractivity contribution in [1.29, 1.82) is 5.41 Å². The van der Waals surface area contributed by atoms with E-state index in [2.05, 4.69) is 35.7 Å². The minimum atomic E-state index is -0.425. The Bertz CT molecular complexity index is 550. The van der Waals surface area contributed by atoms with E-state index >= 15 is 0 Å². The molecule has 0 amide bonds. The van der Waals surface area contributed by atoms with Gasteiger partial charge in [0.25, 0.3) is 0 Å². The maximum absolute atomic E-state index is 11.9. The lowest BCUT2D eigenvalue weighted by Crippen LogP contribution is -2.50. The van der Waals surface area contributed by atoms with Crippen molar-refractivity contribution in [3.63, 3.8) is 0 Å². The molecule has 2 aliphatic heterocycles. The largest absolute Gasteiger partial charge is 0.485 e. The number of benzene rings is 1. The lowest BCUT2D eigenvalue weighted by Gasteiger charge is -2.44. The second-order valence-corrected chi connectivity index (χ2v) is 5.94. The van der Waals surface area contributed by atoms with Gasteiger partial charge >= 0.3 is 0 Å². The molecule has 2 heterocycles. The first-order chi connectivity index (χ1) is 10.1. The normalized spacial score (nSPS) is 22.4. The summed E-state index contributed by atoms with van der Waals surface area (Å²) in [7, 11) is 0. The predicted octanol–water partition coefficient (Wildman–Crippen LogP) is 2.54. The number of likely N-dealkylation sites (tertiary alicyclic amines) is 1. The number of nitrogens with zero attached hydrogens (tertiary/aromatic N) is 1. The summed E-state index contributed by atoms with van der Waals surface area (Å²) in [6, 6.07) is 10.4. The Morgan fingerprint density at radius 3 is 2.52 bits per heavy atom. The van der Waals surface area contributed by atoms with Gasteiger partial charge < -0.3 is 4.74 Å². The lowest BCUT2D eigenvalue weighted by atomic mass is 9.83. The van der Waals surface area contributed by atoms with Gasteiger partial charge in [-0.2, -0.15) is 0 Å². The summed E-state index contributed by atoms with van der Waals surface area (Å²) in [5.74, 6) is 0.102. The van der Waals surface area contributed by atoms with Gasteiger partial charge in [0.15, 0.2) is 5.78 Å². The van der Waals surface area contributed by atoms with Gasteiger partial charge in [-0.3, -0.25) is 15.1 Å². The molecule has 3 rings (SSSR count). The van der Waals surface area contributed by atoms with Crippen LogP contribution in [0.1, 0.15) is 24.8 Å². The van der Waals surface area contributed by atoms with Crippen molar-refractivity contribution in [2.24, 2.45) is 0 Å². The number of carbonyl (C=O) groups excluding carboxylic acids is 1. The van der Waals surface area contributed by atoms with E-state index in [0.717, 1.165) is 32.5 Å². The molecule has 0 aliphatic carbocycles. The van der Waals surface area contributed by atoms with Gasteiger partial charge in [0.05, 0.1) is 6.42 Å². The van der Waals surface area contributed by atoms with Crippen molar-refractivity contribution in [1.82, 2.24) is 4.90 Å². The van der Waals surface area contributed by atoms with Crippen molar-refractivity contribution in [2.45, 2.75) is 31.4 Å². The minimum absolute atomic E-state index is 0.0626. The first kappa shape index (κ1) is 14.0. The maximum Gasteiger partial charge on any atom is 0.188 e. The molecular weight excluding hydrogens is 264 g/mol. The number of carbonyl (C=O) groups is 1. The van der Waals surface area contributed by atoms with Crippen molar-refractivity contribution in [2.75, 3.05) is 13.1 Å². The molecule has 0 atom stereocenters. The van der Waals surface area contributed by atoms with Gasteiger partial charge in [-0.05, 0) is 5.56 Å². The highest BCUT2D eigenvalue weighted by Gasteiger charge is 2.43. The standard InChI is InChI=1S/C17H20N2O2/c1-13-16(18)15(20)11-17(21-13)7-9-19(10-8-17)12-14-5-3-2-4-6-14/h2-6,18H,1,7-12H2. The summed E-state index contributed by atoms with van der Waals surface area (Å²) < 4.78 is 5.83. The van der Waals surface area contributed by atoms with Crippen LogP contribution in [0.2, 0.25) is 0 Å². The zero-order valence-corrected chi connectivity index (χ0v) is 12.1. The molecule has 110 valence electrons. The molecule has 1 spiro atoms. The zero-order chi connectivity index (χ0) is 14.9. The zero-order valence-electron chi connectivity index (χ0n) is 12.1. The highest BCUT2D eigenvalue weighted by atomic mass is 16.5. The quantitative estimate of drug-likeness (QED) is 0.908. The fourth-order valence-electron chi connectivity index (χ4n) is 3.12. The van der Waals surface area contributed by atoms with Gasteiger partial charge in [0.1, 0.15) is 17.1 Å². The van der Waals surface area contributed by atoms with Crippen molar-refractivity contribution >= 4 is 11.5 Å². The number of Topliss-reactive ketones (excluding diaryl/α,β-unsaturated/α-hetero) is 1. The Morgan fingerprint density at radius 2 is 1.90 bits per heavy atom. The molecular formula is C17H20N2O2. The average Bonchev–Trinajstić information content (AvgIpc) is 2.49. The second-order valence-electron chi connectivity index (χ2n) is 5.94. The fraction of sp³-hybridized carbons (Fsp3) is 0.412. The lowest BCUT2D eigenvalue weighted by molar-refractivity contribution is -0.125. The van der Waals surface area contributed by atoms with Crippen molar-refractivity contribution in [3.05, 3.63) is 48.2 Å². The highest BCUT2D eigenvalue weighted by molar-refractivity contribution is 6.44. The third kappa shape index (κ3) is 2.90. The van der Waals surface area contributed by atoms with Crippen LogP contribution in [0.5, 0.6) is 0 Å². The van der Waals surface area contributed by atoms with Crippen LogP contribution in [-0.2, 0) is 16.1 Å². The van der Waals surface area contributed by atoms with Gasteiger partial charge in [-0.15, -0.1) is 0 Å². The number of ether oxygens (including phenoxy) is 1. The van der Waals surface area contributed by atoms with Crippen LogP contribution in [0.3, 0.4) is 0 Å². The third-order valence-corrected chi connectivity index (χ3v) is 4.40. The monoisotopic (exact) mass is 284 g/mol. The molecule has 0 saturated carbocycles. The number of rotatable bonds is 2. The Morgan fingerprint density at radius 1 is 1.24 bits per heavy atom. The molecule has 0 unspecified atom stereocenters. The van der Waals surface area contributed by atoms with Crippen LogP contribution < -0.4 is 0 Å². The molecule has 21 heavy (non-hydrogen) atoms. The number of hydrogen-bond donors (Lipinski definition) is 1. The molecule has 0 radical (unpaired) electrons. The molecule has 1 aromatic carbocycles. The molecule has 2 saturated heterocycles. The summed E-state index contributed by atoms with van der Waals surface area (Å²) in [5.41, 5.74) is 0.818. The molecule has 0 aromatic heterocycles. The third-order valence-electron chi connectivity index (χ3n) is 4.40. The number of ketones is 1. The number of piperidine rings is 1. The maximum atomic E-state index is 11.9. The molecule has 1 aromatic rings. The summed E-state index contributed by atoms with van der Waals surface area (Å²) in [5, 5.41) is 7.61. The number of nitrogens with one attached hydrogen (secondary N) is 1. The number of allylic oxidation sites excluding steroid dienone is 1. The van der Waals surface area contributed by atoms with E-state index in [1.54, 1.807) is 0 Å². The summed E-state index contributed by atoms with van der Waals surface area (Å²) in [6.45, 7) is 6.44. The van der Waals surface area contributed by atoms with Crippen LogP contribution in [0, 0.1) is 5.41 Å². The van der Waals surface area contributed by atoms with Crippen molar-refractivity contribution in [3.8, 4) is 0 Å². The molecule has 1 N–H and O–H groups in total. The van der Waals surface area contributed by atoms with E-state index in [0.29, 0.717) is 6.42 Å². The van der Waals surface area contributed by atoms with Gasteiger partial charge in [-0.25, -0.2) is 0 Å². The summed E-state index contributed by atoms with van der Waals surface area (Å²) in [4.78, 5) is 14.3. The van der Waals surface area contributed by atoms with E-state index in [1.807, 2.05) is 6.07 Å². The molecule has 2 fully saturated rings. The first-order valence-corrected chi connectivity index (χ1v) is 7.34. The van der Waals surface area contributed by atoms with Gasteiger partial charge in [-0.1, -0.05) is 36.9 Å². The fourth-order valence-corrected chi connectivity index (χ4v) is 3.12. The summed E-state index contributed by atoms with van der Waals surface area (Å²) in [6.07, 6.45) is 1.96. The smallest absolute Gasteiger partial charge is 0.188 e. The highest BCUT2D eigenvalue weighted by Crippen LogP contribution is 2.36. The minimum Gasteiger partial charge on any atom is -0.485 e. The van der Waals surface area contributed by atoms with Crippen LogP contribution in [0.25, 0.3) is 0 Å². The first-order valence-electron chi connectivity index (χ1n) is 7.34. The number of hydrogen-bond acceptors (Lipinski definition) is 4. The average molecular weight is 284 g/mol. The van der Waals surface area contributed by atoms with E-state index < -0.39 is 5.60 Å². The van der Waals surface area contributed by atoms with Crippen molar-refractivity contribution < 1.29 is 9.53 Å². The van der Waals surface area contributed by atoms with E-state index in [-0.39, 0.29) is 17.3 Å². The van der Waals surface area contributed by atoms with E-state index in [9.17, 15) is 4.79 Å². The van der Waals surface area contributed by atoms with Crippen LogP contribution >= 0.6 is 0 Å². The Labute approximate surface area is 124 Å². The molecule has 4 nitrogen and oxygen atoms in total. The molecule has 0 bridgehead atoms. The topological polar surface area (TPSA) is 53.4 Å². The molecule has 4 heteroatoms. The van der Waals surface area contributed by atoms with Gasteiger partial charge in [0.2, 0.25) is 0 Å². The SMILES string of the molecule is C=C1OC2(CCN(Cc3ccccc3)CC2)CC(=O)C1=N. The Kier molecular flexibility index (Phi) is 3.64. The predicted molar refractivity (Wildman–Crippen MR) is 81.3 cm³/mol. The van der Waals surface area contributed by atoms with Gasteiger partial charge in [0, 0.05) is 32.5 Å². The van der Waals surface area contributed by atoms with Crippen LogP contribution in [0.15, 0.2) is 42.7 Å². The Balaban J connectivity index is 1.61. The molecule has 2 aliphatic rings.